The smallest absolute Gasteiger partial charge is 0.422 e. The van der Waals surface area contributed by atoms with Crippen LogP contribution in [0.1, 0.15) is 38.2 Å². The highest BCUT2D eigenvalue weighted by molar-refractivity contribution is 5.93. The van der Waals surface area contributed by atoms with E-state index in [9.17, 15) is 18.0 Å². The van der Waals surface area contributed by atoms with Crippen LogP contribution in [-0.4, -0.2) is 24.2 Å². The molecule has 1 fully saturated rings. The zero-order valence-corrected chi connectivity index (χ0v) is 13.9. The minimum Gasteiger partial charge on any atom is -0.484 e. The first-order valence-electron chi connectivity index (χ1n) is 7.98. The van der Waals surface area contributed by atoms with E-state index in [1.54, 1.807) is 13.0 Å². The van der Waals surface area contributed by atoms with E-state index >= 15 is 0 Å². The first-order chi connectivity index (χ1) is 11.1. The lowest BCUT2D eigenvalue weighted by Gasteiger charge is -2.37. The van der Waals surface area contributed by atoms with Gasteiger partial charge in [-0.1, -0.05) is 12.8 Å². The fraction of sp³-hybridized carbons (Fsp3) is 0.588. The Kier molecular flexibility index (Phi) is 5.42. The van der Waals surface area contributed by atoms with Gasteiger partial charge in [-0.25, -0.2) is 0 Å². The Morgan fingerprint density at radius 2 is 2.12 bits per heavy atom. The van der Waals surface area contributed by atoms with Gasteiger partial charge in [0.25, 0.3) is 0 Å². The van der Waals surface area contributed by atoms with Gasteiger partial charge in [0.2, 0.25) is 5.91 Å². The standard InChI is InChI=1S/C17H23F3N2O2/c1-11-9-12(6-7-14(11)24-10-17(18,19)20)22-15(23)13-5-3-4-8-16(13,2)21/h6-7,9,13H,3-5,8,10,21H2,1-2H3,(H,22,23). The van der Waals surface area contributed by atoms with Crippen LogP contribution in [0, 0.1) is 12.8 Å². The fourth-order valence-corrected chi connectivity index (χ4v) is 3.07. The van der Waals surface area contributed by atoms with Gasteiger partial charge in [-0.15, -0.1) is 0 Å². The van der Waals surface area contributed by atoms with Crippen LogP contribution in [0.5, 0.6) is 5.75 Å². The number of halogens is 3. The molecule has 2 rings (SSSR count). The zero-order chi connectivity index (χ0) is 18.0. The van der Waals surface area contributed by atoms with E-state index in [1.165, 1.54) is 12.1 Å². The SMILES string of the molecule is Cc1cc(NC(=O)C2CCCCC2(C)N)ccc1OCC(F)(F)F. The molecular formula is C17H23F3N2O2. The van der Waals surface area contributed by atoms with Crippen LogP contribution >= 0.6 is 0 Å². The number of anilines is 1. The minimum absolute atomic E-state index is 0.145. The van der Waals surface area contributed by atoms with E-state index in [2.05, 4.69) is 5.32 Å². The van der Waals surface area contributed by atoms with Gasteiger partial charge in [-0.3, -0.25) is 4.79 Å². The predicted molar refractivity (Wildman–Crippen MR) is 85.9 cm³/mol. The van der Waals surface area contributed by atoms with Crippen molar-refractivity contribution in [3.8, 4) is 5.75 Å². The van der Waals surface area contributed by atoms with Crippen LogP contribution in [-0.2, 0) is 4.79 Å². The maximum Gasteiger partial charge on any atom is 0.422 e. The van der Waals surface area contributed by atoms with Gasteiger partial charge in [-0.2, -0.15) is 13.2 Å². The molecule has 1 aliphatic rings. The number of hydrogen-bond donors (Lipinski definition) is 2. The molecule has 1 aromatic rings. The van der Waals surface area contributed by atoms with Crippen molar-refractivity contribution in [1.82, 2.24) is 0 Å². The number of nitrogens with one attached hydrogen (secondary N) is 1. The Hall–Kier alpha value is -1.76. The Morgan fingerprint density at radius 3 is 2.71 bits per heavy atom. The molecule has 0 spiro atoms. The number of hydrogen-bond acceptors (Lipinski definition) is 3. The summed E-state index contributed by atoms with van der Waals surface area (Å²) in [4.78, 5) is 12.5. The molecule has 4 nitrogen and oxygen atoms in total. The number of ether oxygens (including phenoxy) is 1. The quantitative estimate of drug-likeness (QED) is 0.874. The van der Waals surface area contributed by atoms with Crippen LogP contribution in [0.4, 0.5) is 18.9 Å². The summed E-state index contributed by atoms with van der Waals surface area (Å²) < 4.78 is 41.4. The van der Waals surface area contributed by atoms with Crippen LogP contribution in [0.3, 0.4) is 0 Å². The number of carbonyl (C=O) groups excluding carboxylic acids is 1. The minimum atomic E-state index is -4.38. The summed E-state index contributed by atoms with van der Waals surface area (Å²) in [5.74, 6) is -0.276. The molecule has 3 N–H and O–H groups in total. The van der Waals surface area contributed by atoms with Crippen molar-refractivity contribution < 1.29 is 22.7 Å². The Bertz CT molecular complexity index is 600. The third kappa shape index (κ3) is 4.87. The van der Waals surface area contributed by atoms with E-state index in [4.69, 9.17) is 10.5 Å². The monoisotopic (exact) mass is 344 g/mol. The highest BCUT2D eigenvalue weighted by atomic mass is 19.4. The van der Waals surface area contributed by atoms with Crippen molar-refractivity contribution in [1.29, 1.82) is 0 Å². The summed E-state index contributed by atoms with van der Waals surface area (Å²) in [6.45, 7) is 2.18. The summed E-state index contributed by atoms with van der Waals surface area (Å²) in [5, 5.41) is 2.81. The summed E-state index contributed by atoms with van der Waals surface area (Å²) in [6, 6.07) is 4.56. The van der Waals surface area contributed by atoms with E-state index < -0.39 is 18.3 Å². The first-order valence-corrected chi connectivity index (χ1v) is 7.98. The van der Waals surface area contributed by atoms with Crippen LogP contribution < -0.4 is 15.8 Å². The van der Waals surface area contributed by atoms with Crippen LogP contribution in [0.25, 0.3) is 0 Å². The van der Waals surface area contributed by atoms with Gasteiger partial charge in [0.15, 0.2) is 6.61 Å². The molecule has 0 aliphatic heterocycles. The second-order valence-corrected chi connectivity index (χ2v) is 6.68. The molecule has 0 heterocycles. The first kappa shape index (κ1) is 18.6. The van der Waals surface area contributed by atoms with Crippen molar-refractivity contribution in [3.63, 3.8) is 0 Å². The van der Waals surface area contributed by atoms with Gasteiger partial charge in [0, 0.05) is 11.2 Å². The highest BCUT2D eigenvalue weighted by Gasteiger charge is 2.37. The molecule has 7 heteroatoms. The number of benzene rings is 1. The van der Waals surface area contributed by atoms with Crippen LogP contribution in [0.15, 0.2) is 18.2 Å². The molecule has 2 unspecified atom stereocenters. The lowest BCUT2D eigenvalue weighted by atomic mass is 9.74. The molecule has 1 saturated carbocycles. The molecule has 0 saturated heterocycles. The Balaban J connectivity index is 2.02. The van der Waals surface area contributed by atoms with Crippen molar-refractivity contribution in [3.05, 3.63) is 23.8 Å². The fourth-order valence-electron chi connectivity index (χ4n) is 3.07. The molecule has 0 bridgehead atoms. The normalized spacial score (nSPS) is 24.5. The highest BCUT2D eigenvalue weighted by Crippen LogP contribution is 2.33. The lowest BCUT2D eigenvalue weighted by Crippen LogP contribution is -2.51. The predicted octanol–water partition coefficient (Wildman–Crippen LogP) is 3.78. The molecule has 0 radical (unpaired) electrons. The van der Waals surface area contributed by atoms with E-state index in [1.807, 2.05) is 6.92 Å². The number of aryl methyl sites for hydroxylation is 1. The number of carbonyl (C=O) groups is 1. The second kappa shape index (κ2) is 7.01. The van der Waals surface area contributed by atoms with E-state index in [0.717, 1.165) is 25.7 Å². The molecule has 1 amide bonds. The third-order valence-corrected chi connectivity index (χ3v) is 4.40. The molecule has 1 aromatic carbocycles. The topological polar surface area (TPSA) is 64.4 Å². The van der Waals surface area contributed by atoms with Crippen molar-refractivity contribution in [2.75, 3.05) is 11.9 Å². The largest absolute Gasteiger partial charge is 0.484 e. The summed E-state index contributed by atoms with van der Waals surface area (Å²) >= 11 is 0. The summed E-state index contributed by atoms with van der Waals surface area (Å²) in [6.07, 6.45) is -0.861. The second-order valence-electron chi connectivity index (χ2n) is 6.68. The van der Waals surface area contributed by atoms with Crippen molar-refractivity contribution in [2.24, 2.45) is 11.7 Å². The maximum atomic E-state index is 12.5. The molecular weight excluding hydrogens is 321 g/mol. The third-order valence-electron chi connectivity index (χ3n) is 4.40. The molecule has 24 heavy (non-hydrogen) atoms. The van der Waals surface area contributed by atoms with Crippen molar-refractivity contribution in [2.45, 2.75) is 51.2 Å². The number of rotatable bonds is 4. The van der Waals surface area contributed by atoms with Gasteiger partial charge in [-0.05, 0) is 50.5 Å². The molecule has 134 valence electrons. The van der Waals surface area contributed by atoms with E-state index in [0.29, 0.717) is 11.3 Å². The van der Waals surface area contributed by atoms with Gasteiger partial charge in [0.05, 0.1) is 5.92 Å². The summed E-state index contributed by atoms with van der Waals surface area (Å²) in [7, 11) is 0. The average Bonchev–Trinajstić information content (AvgIpc) is 2.44. The number of amides is 1. The van der Waals surface area contributed by atoms with Gasteiger partial charge >= 0.3 is 6.18 Å². The summed E-state index contributed by atoms with van der Waals surface area (Å²) in [5.41, 5.74) is 6.74. The molecule has 2 atom stereocenters. The van der Waals surface area contributed by atoms with Crippen LogP contribution in [0.2, 0.25) is 0 Å². The zero-order valence-electron chi connectivity index (χ0n) is 13.9. The lowest BCUT2D eigenvalue weighted by molar-refractivity contribution is -0.153. The Morgan fingerprint density at radius 1 is 1.42 bits per heavy atom. The van der Waals surface area contributed by atoms with E-state index in [-0.39, 0.29) is 17.6 Å². The average molecular weight is 344 g/mol. The van der Waals surface area contributed by atoms with Crippen molar-refractivity contribution >= 4 is 11.6 Å². The maximum absolute atomic E-state index is 12.5. The number of alkyl halides is 3. The van der Waals surface area contributed by atoms with Gasteiger partial charge in [0.1, 0.15) is 5.75 Å². The molecule has 0 aromatic heterocycles. The molecule has 1 aliphatic carbocycles. The number of nitrogens with two attached hydrogens (primary N) is 1. The Labute approximate surface area is 139 Å². The van der Waals surface area contributed by atoms with Gasteiger partial charge < -0.3 is 15.8 Å².